The molecule has 0 saturated carbocycles. The van der Waals surface area contributed by atoms with Crippen molar-refractivity contribution < 1.29 is 0 Å². The van der Waals surface area contributed by atoms with Crippen LogP contribution >= 0.6 is 0 Å². The Morgan fingerprint density at radius 2 is 1.68 bits per heavy atom. The summed E-state index contributed by atoms with van der Waals surface area (Å²) in [6, 6.07) is 8.18. The Kier molecular flexibility index (Phi) is 5.19. The minimum Gasteiger partial charge on any atom is -0.321 e. The number of rotatable bonds is 5. The molecule has 0 unspecified atom stereocenters. The van der Waals surface area contributed by atoms with Crippen molar-refractivity contribution in [1.82, 2.24) is 9.88 Å². The lowest BCUT2D eigenvalue weighted by atomic mass is 10.1. The molecular formula is C19H26N2O. The number of hydrogen-bond donors (Lipinski definition) is 1. The van der Waals surface area contributed by atoms with Gasteiger partial charge in [-0.05, 0) is 56.5 Å². The molecule has 0 spiro atoms. The van der Waals surface area contributed by atoms with Gasteiger partial charge < -0.3 is 9.88 Å². The zero-order chi connectivity index (χ0) is 16.3. The van der Waals surface area contributed by atoms with E-state index in [1.807, 2.05) is 13.1 Å². The Morgan fingerprint density at radius 3 is 2.27 bits per heavy atom. The van der Waals surface area contributed by atoms with E-state index in [2.05, 4.69) is 55.8 Å². The summed E-state index contributed by atoms with van der Waals surface area (Å²) in [6.07, 6.45) is 1.97. The van der Waals surface area contributed by atoms with Crippen molar-refractivity contribution >= 4 is 0 Å². The van der Waals surface area contributed by atoms with E-state index in [0.717, 1.165) is 23.5 Å². The maximum atomic E-state index is 12.2. The predicted octanol–water partition coefficient (Wildman–Crippen LogP) is 3.51. The molecule has 0 aliphatic carbocycles. The van der Waals surface area contributed by atoms with Crippen molar-refractivity contribution in [3.63, 3.8) is 0 Å². The Hall–Kier alpha value is -1.87. The van der Waals surface area contributed by atoms with E-state index in [1.54, 1.807) is 6.07 Å². The molecule has 1 heterocycles. The van der Waals surface area contributed by atoms with Gasteiger partial charge in [0.25, 0.3) is 0 Å². The first kappa shape index (κ1) is 16.5. The van der Waals surface area contributed by atoms with E-state index in [1.165, 1.54) is 11.1 Å². The standard InChI is InChI=1S/C19H26N2O/c1-13(2)10-20-11-17-12-21(16(5)9-19(17)22)18-7-14(3)6-15(4)8-18/h6-9,12-13,20H,10-11H2,1-5H3. The van der Waals surface area contributed by atoms with Crippen LogP contribution in [0, 0.1) is 26.7 Å². The minimum absolute atomic E-state index is 0.106. The van der Waals surface area contributed by atoms with Crippen LogP contribution < -0.4 is 10.7 Å². The third kappa shape index (κ3) is 4.08. The predicted molar refractivity (Wildman–Crippen MR) is 92.8 cm³/mol. The zero-order valence-electron chi connectivity index (χ0n) is 14.2. The molecule has 0 aliphatic heterocycles. The molecule has 118 valence electrons. The first-order chi connectivity index (χ1) is 10.4. The highest BCUT2D eigenvalue weighted by molar-refractivity contribution is 5.41. The molecule has 22 heavy (non-hydrogen) atoms. The molecule has 0 atom stereocenters. The highest BCUT2D eigenvalue weighted by atomic mass is 16.1. The fourth-order valence-electron chi connectivity index (χ4n) is 2.67. The average molecular weight is 298 g/mol. The van der Waals surface area contributed by atoms with Crippen LogP contribution in [0.25, 0.3) is 5.69 Å². The minimum atomic E-state index is 0.106. The maximum Gasteiger partial charge on any atom is 0.186 e. The Bertz CT molecular complexity index is 694. The normalized spacial score (nSPS) is 11.2. The van der Waals surface area contributed by atoms with Gasteiger partial charge in [0.2, 0.25) is 0 Å². The number of benzene rings is 1. The van der Waals surface area contributed by atoms with Crippen molar-refractivity contribution in [3.05, 3.63) is 63.1 Å². The third-order valence-corrected chi connectivity index (χ3v) is 3.67. The van der Waals surface area contributed by atoms with E-state index in [0.29, 0.717) is 12.5 Å². The second-order valence-corrected chi connectivity index (χ2v) is 6.54. The first-order valence-electron chi connectivity index (χ1n) is 7.88. The lowest BCUT2D eigenvalue weighted by Gasteiger charge is -2.15. The van der Waals surface area contributed by atoms with Crippen LogP contribution in [0.3, 0.4) is 0 Å². The SMILES string of the molecule is Cc1cc(C)cc(-n2cc(CNCC(C)C)c(=O)cc2C)c1. The fraction of sp³-hybridized carbons (Fsp3) is 0.421. The van der Waals surface area contributed by atoms with Crippen LogP contribution in [-0.2, 0) is 6.54 Å². The molecule has 0 saturated heterocycles. The Balaban J connectivity index is 2.37. The number of pyridine rings is 1. The van der Waals surface area contributed by atoms with Gasteiger partial charge in [-0.25, -0.2) is 0 Å². The largest absolute Gasteiger partial charge is 0.321 e. The van der Waals surface area contributed by atoms with Crippen molar-refractivity contribution in [2.75, 3.05) is 6.54 Å². The monoisotopic (exact) mass is 298 g/mol. The Labute approximate surface area is 133 Å². The van der Waals surface area contributed by atoms with Crippen LogP contribution in [0.4, 0.5) is 0 Å². The molecule has 3 heteroatoms. The van der Waals surface area contributed by atoms with Gasteiger partial charge >= 0.3 is 0 Å². The number of aryl methyl sites for hydroxylation is 3. The van der Waals surface area contributed by atoms with Crippen molar-refractivity contribution in [3.8, 4) is 5.69 Å². The summed E-state index contributed by atoms with van der Waals surface area (Å²) in [4.78, 5) is 12.2. The summed E-state index contributed by atoms with van der Waals surface area (Å²) in [5.74, 6) is 0.576. The third-order valence-electron chi connectivity index (χ3n) is 3.67. The average Bonchev–Trinajstić information content (AvgIpc) is 2.39. The smallest absolute Gasteiger partial charge is 0.186 e. The van der Waals surface area contributed by atoms with E-state index < -0.39 is 0 Å². The van der Waals surface area contributed by atoms with E-state index in [-0.39, 0.29) is 5.43 Å². The van der Waals surface area contributed by atoms with Crippen LogP contribution in [0.1, 0.15) is 36.2 Å². The molecule has 0 fully saturated rings. The lowest BCUT2D eigenvalue weighted by Crippen LogP contribution is -2.24. The van der Waals surface area contributed by atoms with Crippen molar-refractivity contribution in [1.29, 1.82) is 0 Å². The molecule has 0 radical (unpaired) electrons. The molecule has 2 aromatic rings. The van der Waals surface area contributed by atoms with Gasteiger partial charge in [-0.2, -0.15) is 0 Å². The zero-order valence-corrected chi connectivity index (χ0v) is 14.2. The summed E-state index contributed by atoms with van der Waals surface area (Å²) in [6.45, 7) is 12.0. The second kappa shape index (κ2) is 6.93. The summed E-state index contributed by atoms with van der Waals surface area (Å²) >= 11 is 0. The molecular weight excluding hydrogens is 272 g/mol. The fourth-order valence-corrected chi connectivity index (χ4v) is 2.67. The molecule has 3 nitrogen and oxygen atoms in total. The quantitative estimate of drug-likeness (QED) is 0.916. The molecule has 0 amide bonds. The maximum absolute atomic E-state index is 12.2. The van der Waals surface area contributed by atoms with Gasteiger partial charge in [0, 0.05) is 35.8 Å². The van der Waals surface area contributed by atoms with Crippen molar-refractivity contribution in [2.45, 2.75) is 41.2 Å². The molecule has 1 aromatic carbocycles. The highest BCUT2D eigenvalue weighted by Crippen LogP contribution is 2.15. The summed E-state index contributed by atoms with van der Waals surface area (Å²) in [5, 5.41) is 3.35. The van der Waals surface area contributed by atoms with E-state index in [9.17, 15) is 4.79 Å². The topological polar surface area (TPSA) is 34.0 Å². The summed E-state index contributed by atoms with van der Waals surface area (Å²) < 4.78 is 2.10. The van der Waals surface area contributed by atoms with E-state index >= 15 is 0 Å². The van der Waals surface area contributed by atoms with Crippen LogP contribution in [-0.4, -0.2) is 11.1 Å². The molecule has 1 aromatic heterocycles. The van der Waals surface area contributed by atoms with Gasteiger partial charge in [-0.3, -0.25) is 4.79 Å². The second-order valence-electron chi connectivity index (χ2n) is 6.54. The van der Waals surface area contributed by atoms with E-state index in [4.69, 9.17) is 0 Å². The summed E-state index contributed by atoms with van der Waals surface area (Å²) in [7, 11) is 0. The summed E-state index contributed by atoms with van der Waals surface area (Å²) in [5.41, 5.74) is 5.45. The van der Waals surface area contributed by atoms with Crippen LogP contribution in [0.5, 0.6) is 0 Å². The van der Waals surface area contributed by atoms with Gasteiger partial charge in [0.05, 0.1) is 0 Å². The van der Waals surface area contributed by atoms with Crippen molar-refractivity contribution in [2.24, 2.45) is 5.92 Å². The number of nitrogens with one attached hydrogen (secondary N) is 1. The highest BCUT2D eigenvalue weighted by Gasteiger charge is 2.07. The molecule has 1 N–H and O–H groups in total. The van der Waals surface area contributed by atoms with Gasteiger partial charge in [0.1, 0.15) is 0 Å². The molecule has 0 aliphatic rings. The van der Waals surface area contributed by atoms with Crippen LogP contribution in [0.15, 0.2) is 35.3 Å². The number of aromatic nitrogens is 1. The number of nitrogens with zero attached hydrogens (tertiary/aromatic N) is 1. The first-order valence-corrected chi connectivity index (χ1v) is 7.88. The van der Waals surface area contributed by atoms with Gasteiger partial charge in [-0.1, -0.05) is 19.9 Å². The Morgan fingerprint density at radius 1 is 1.05 bits per heavy atom. The van der Waals surface area contributed by atoms with Crippen LogP contribution in [0.2, 0.25) is 0 Å². The van der Waals surface area contributed by atoms with Gasteiger partial charge in [0.15, 0.2) is 5.43 Å². The van der Waals surface area contributed by atoms with Gasteiger partial charge in [-0.15, -0.1) is 0 Å². The molecule has 0 bridgehead atoms. The lowest BCUT2D eigenvalue weighted by molar-refractivity contribution is 0.550. The molecule has 2 rings (SSSR count). The number of hydrogen-bond acceptors (Lipinski definition) is 2.